The van der Waals surface area contributed by atoms with Crippen LogP contribution in [-0.4, -0.2) is 47.4 Å². The highest BCUT2D eigenvalue weighted by molar-refractivity contribution is 5.81. The Hall–Kier alpha value is -2.12. The number of hydrogen-bond donors (Lipinski definition) is 1. The van der Waals surface area contributed by atoms with Crippen molar-refractivity contribution in [3.05, 3.63) is 39.0 Å². The Kier molecular flexibility index (Phi) is 5.01. The Morgan fingerprint density at radius 1 is 1.08 bits per heavy atom. The molecule has 0 aliphatic carbocycles. The average Bonchev–Trinajstić information content (AvgIpc) is 3.08. The molecule has 0 spiro atoms. The van der Waals surface area contributed by atoms with Gasteiger partial charge in [-0.05, 0) is 44.1 Å². The number of nitrogens with two attached hydrogens (primary N) is 1. The van der Waals surface area contributed by atoms with E-state index in [2.05, 4.69) is 4.90 Å². The summed E-state index contributed by atoms with van der Waals surface area (Å²) in [4.78, 5) is 27.8. The van der Waals surface area contributed by atoms with Crippen LogP contribution in [0.2, 0.25) is 0 Å². The molecule has 0 atom stereocenters. The summed E-state index contributed by atoms with van der Waals surface area (Å²) in [5.74, 6) is 0. The molecule has 3 rings (SSSR count). The van der Waals surface area contributed by atoms with Gasteiger partial charge < -0.3 is 15.4 Å². The van der Waals surface area contributed by atoms with E-state index < -0.39 is 0 Å². The number of ether oxygens (including phenoxy) is 1. The van der Waals surface area contributed by atoms with Gasteiger partial charge in [-0.2, -0.15) is 0 Å². The molecule has 2 N–H and O–H groups in total. The molecule has 0 bridgehead atoms. The van der Waals surface area contributed by atoms with Crippen molar-refractivity contribution in [1.29, 1.82) is 0 Å². The number of anilines is 1. The van der Waals surface area contributed by atoms with E-state index in [-0.39, 0.29) is 17.8 Å². The number of hydrogen-bond acceptors (Lipinski definition) is 5. The van der Waals surface area contributed by atoms with E-state index >= 15 is 0 Å². The number of aromatic nitrogens is 2. The molecule has 130 valence electrons. The van der Waals surface area contributed by atoms with Crippen LogP contribution in [0.25, 0.3) is 10.9 Å². The van der Waals surface area contributed by atoms with E-state index in [9.17, 15) is 9.59 Å². The van der Waals surface area contributed by atoms with Crippen molar-refractivity contribution < 1.29 is 4.74 Å². The Labute approximate surface area is 140 Å². The molecule has 0 unspecified atom stereocenters. The van der Waals surface area contributed by atoms with Crippen molar-refractivity contribution in [3.8, 4) is 0 Å². The second kappa shape index (κ2) is 7.19. The molecule has 1 aromatic carbocycles. The third-order valence-electron chi connectivity index (χ3n) is 4.61. The number of likely N-dealkylation sites (tertiary alicyclic amines) is 1. The largest absolute Gasteiger partial charge is 0.399 e. The monoisotopic (exact) mass is 332 g/mol. The molecule has 7 nitrogen and oxygen atoms in total. The third-order valence-corrected chi connectivity index (χ3v) is 4.61. The summed E-state index contributed by atoms with van der Waals surface area (Å²) in [6.07, 6.45) is 2.42. The van der Waals surface area contributed by atoms with Crippen molar-refractivity contribution in [2.75, 3.05) is 39.1 Å². The van der Waals surface area contributed by atoms with Crippen molar-refractivity contribution >= 4 is 16.6 Å². The second-order valence-corrected chi connectivity index (χ2v) is 6.21. The Morgan fingerprint density at radius 2 is 1.83 bits per heavy atom. The minimum Gasteiger partial charge on any atom is -0.399 e. The van der Waals surface area contributed by atoms with E-state index in [1.165, 1.54) is 17.4 Å². The van der Waals surface area contributed by atoms with Crippen molar-refractivity contribution in [2.24, 2.45) is 0 Å². The number of fused-ring (bicyclic) bond motifs is 1. The Balaban J connectivity index is 2.06. The van der Waals surface area contributed by atoms with Gasteiger partial charge in [-0.25, -0.2) is 4.79 Å². The molecule has 0 radical (unpaired) electrons. The van der Waals surface area contributed by atoms with E-state index in [0.29, 0.717) is 29.7 Å². The maximum atomic E-state index is 12.8. The average molecular weight is 332 g/mol. The molecule has 2 aromatic rings. The molecular formula is C17H24N4O3. The normalized spacial score (nSPS) is 15.4. The van der Waals surface area contributed by atoms with Crippen LogP contribution < -0.4 is 17.0 Å². The Bertz CT molecular complexity index is 834. The van der Waals surface area contributed by atoms with Crippen LogP contribution in [0.5, 0.6) is 0 Å². The summed E-state index contributed by atoms with van der Waals surface area (Å²) in [6.45, 7) is 4.07. The maximum Gasteiger partial charge on any atom is 0.331 e. The number of rotatable bonds is 6. The van der Waals surface area contributed by atoms with Crippen LogP contribution in [0, 0.1) is 0 Å². The van der Waals surface area contributed by atoms with Crippen LogP contribution in [0.4, 0.5) is 5.69 Å². The summed E-state index contributed by atoms with van der Waals surface area (Å²) in [7, 11) is 1.55. The van der Waals surface area contributed by atoms with Crippen LogP contribution in [-0.2, 0) is 17.8 Å². The van der Waals surface area contributed by atoms with Gasteiger partial charge in [-0.3, -0.25) is 13.9 Å². The van der Waals surface area contributed by atoms with Gasteiger partial charge in [-0.1, -0.05) is 0 Å². The van der Waals surface area contributed by atoms with Crippen LogP contribution in [0.1, 0.15) is 12.8 Å². The fourth-order valence-electron chi connectivity index (χ4n) is 3.28. The minimum atomic E-state index is -0.309. The van der Waals surface area contributed by atoms with Gasteiger partial charge in [0.2, 0.25) is 0 Å². The number of benzene rings is 1. The summed E-state index contributed by atoms with van der Waals surface area (Å²) in [5, 5.41) is 0.479. The quantitative estimate of drug-likeness (QED) is 0.779. The number of nitrogen functional groups attached to an aromatic ring is 1. The molecule has 0 saturated carbocycles. The summed E-state index contributed by atoms with van der Waals surface area (Å²) < 4.78 is 7.96. The fourth-order valence-corrected chi connectivity index (χ4v) is 3.28. The van der Waals surface area contributed by atoms with Crippen LogP contribution in [0.15, 0.2) is 27.8 Å². The zero-order chi connectivity index (χ0) is 17.1. The lowest BCUT2D eigenvalue weighted by atomic mass is 10.2. The first-order valence-electron chi connectivity index (χ1n) is 8.36. The van der Waals surface area contributed by atoms with Crippen molar-refractivity contribution in [2.45, 2.75) is 25.9 Å². The summed E-state index contributed by atoms with van der Waals surface area (Å²) >= 11 is 0. The molecule has 1 aliphatic rings. The first kappa shape index (κ1) is 16.7. The standard InChI is InChI=1S/C17H24N4O3/c1-24-11-10-21-16(22)14-12-13(18)4-5-15(14)20(17(21)23)9-8-19-6-2-3-7-19/h4-5,12H,2-3,6-11,18H2,1H3. The van der Waals surface area contributed by atoms with Gasteiger partial charge in [-0.15, -0.1) is 0 Å². The molecule has 2 heterocycles. The lowest BCUT2D eigenvalue weighted by Crippen LogP contribution is -2.42. The first-order chi connectivity index (χ1) is 11.6. The fraction of sp³-hybridized carbons (Fsp3) is 0.529. The topological polar surface area (TPSA) is 82.5 Å². The zero-order valence-corrected chi connectivity index (χ0v) is 14.0. The van der Waals surface area contributed by atoms with Gasteiger partial charge in [0.25, 0.3) is 5.56 Å². The number of methoxy groups -OCH3 is 1. The van der Waals surface area contributed by atoms with E-state index in [1.54, 1.807) is 29.9 Å². The predicted molar refractivity (Wildman–Crippen MR) is 94.4 cm³/mol. The maximum absolute atomic E-state index is 12.8. The highest BCUT2D eigenvalue weighted by Crippen LogP contribution is 2.13. The summed E-state index contributed by atoms with van der Waals surface area (Å²) in [6, 6.07) is 5.14. The SMILES string of the molecule is COCCn1c(=O)c2cc(N)ccc2n(CCN2CCCC2)c1=O. The molecule has 0 amide bonds. The van der Waals surface area contributed by atoms with Crippen LogP contribution in [0.3, 0.4) is 0 Å². The van der Waals surface area contributed by atoms with Crippen molar-refractivity contribution in [3.63, 3.8) is 0 Å². The minimum absolute atomic E-state index is 0.239. The molecule has 1 saturated heterocycles. The predicted octanol–water partition coefficient (Wildman–Crippen LogP) is 0.488. The van der Waals surface area contributed by atoms with Crippen molar-refractivity contribution in [1.82, 2.24) is 14.0 Å². The smallest absolute Gasteiger partial charge is 0.331 e. The Morgan fingerprint density at radius 3 is 2.54 bits per heavy atom. The lowest BCUT2D eigenvalue weighted by Gasteiger charge is -2.18. The highest BCUT2D eigenvalue weighted by Gasteiger charge is 2.16. The molecule has 7 heteroatoms. The highest BCUT2D eigenvalue weighted by atomic mass is 16.5. The van der Waals surface area contributed by atoms with Gasteiger partial charge in [0, 0.05) is 25.9 Å². The van der Waals surface area contributed by atoms with Gasteiger partial charge in [0.1, 0.15) is 0 Å². The molecular weight excluding hydrogens is 308 g/mol. The van der Waals surface area contributed by atoms with Crippen LogP contribution >= 0.6 is 0 Å². The lowest BCUT2D eigenvalue weighted by molar-refractivity contribution is 0.184. The molecule has 24 heavy (non-hydrogen) atoms. The van der Waals surface area contributed by atoms with Gasteiger partial charge in [0.05, 0.1) is 24.1 Å². The number of nitrogens with zero attached hydrogens (tertiary/aromatic N) is 3. The zero-order valence-electron chi connectivity index (χ0n) is 14.0. The second-order valence-electron chi connectivity index (χ2n) is 6.21. The first-order valence-corrected chi connectivity index (χ1v) is 8.36. The third kappa shape index (κ3) is 3.22. The molecule has 1 aliphatic heterocycles. The summed E-state index contributed by atoms with van der Waals surface area (Å²) in [5.41, 5.74) is 6.41. The molecule has 1 fully saturated rings. The van der Waals surface area contributed by atoms with Gasteiger partial charge >= 0.3 is 5.69 Å². The van der Waals surface area contributed by atoms with E-state index in [0.717, 1.165) is 19.6 Å². The molecule has 1 aromatic heterocycles. The van der Waals surface area contributed by atoms with E-state index in [4.69, 9.17) is 10.5 Å². The van der Waals surface area contributed by atoms with E-state index in [1.807, 2.05) is 0 Å². The van der Waals surface area contributed by atoms with Gasteiger partial charge in [0.15, 0.2) is 0 Å².